The van der Waals surface area contributed by atoms with Crippen LogP contribution in [-0.2, 0) is 4.79 Å². The van der Waals surface area contributed by atoms with E-state index in [1.54, 1.807) is 43.8 Å². The molecule has 0 fully saturated rings. The van der Waals surface area contributed by atoms with Crippen LogP contribution in [-0.4, -0.2) is 33.1 Å². The van der Waals surface area contributed by atoms with Crippen LogP contribution in [0.2, 0.25) is 0 Å². The highest BCUT2D eigenvalue weighted by molar-refractivity contribution is 5.74. The molecule has 0 saturated heterocycles. The van der Waals surface area contributed by atoms with E-state index in [1.807, 2.05) is 0 Å². The van der Waals surface area contributed by atoms with Gasteiger partial charge >= 0.3 is 5.97 Å². The molecule has 0 amide bonds. The number of nitrogens with one attached hydrogen (secondary N) is 1. The zero-order valence-electron chi connectivity index (χ0n) is 9.74. The number of hydrogen-bond donors (Lipinski definition) is 2. The number of likely N-dealkylation sites (N-methyl/N-ethyl adjacent to an activating group) is 1. The van der Waals surface area contributed by atoms with E-state index in [9.17, 15) is 4.79 Å². The first-order valence-corrected chi connectivity index (χ1v) is 5.36. The molecule has 6 heteroatoms. The van der Waals surface area contributed by atoms with Gasteiger partial charge in [0.2, 0.25) is 0 Å². The first kappa shape index (κ1) is 12.1. The predicted molar refractivity (Wildman–Crippen MR) is 64.7 cm³/mol. The molecule has 18 heavy (non-hydrogen) atoms. The largest absolute Gasteiger partial charge is 0.480 e. The summed E-state index contributed by atoms with van der Waals surface area (Å²) in [6.07, 6.45) is 4.86. The third-order valence-electron chi connectivity index (χ3n) is 2.44. The van der Waals surface area contributed by atoms with Gasteiger partial charge in [-0.2, -0.15) is 0 Å². The van der Waals surface area contributed by atoms with Crippen LogP contribution in [0.5, 0.6) is 0 Å². The number of carboxylic acids is 1. The SMILES string of the molecule is CNC(C(=O)O)c1nccc(-c2ccncc2)n1. The van der Waals surface area contributed by atoms with Crippen LogP contribution in [0.25, 0.3) is 11.3 Å². The highest BCUT2D eigenvalue weighted by Gasteiger charge is 2.20. The van der Waals surface area contributed by atoms with Crippen molar-refractivity contribution in [1.82, 2.24) is 20.3 Å². The highest BCUT2D eigenvalue weighted by atomic mass is 16.4. The smallest absolute Gasteiger partial charge is 0.328 e. The number of aliphatic carboxylic acids is 1. The lowest BCUT2D eigenvalue weighted by Crippen LogP contribution is -2.27. The van der Waals surface area contributed by atoms with Gasteiger partial charge in [0, 0.05) is 24.2 Å². The Morgan fingerprint density at radius 3 is 2.61 bits per heavy atom. The molecule has 0 aliphatic rings. The number of carbonyl (C=O) groups is 1. The van der Waals surface area contributed by atoms with E-state index in [-0.39, 0.29) is 5.82 Å². The van der Waals surface area contributed by atoms with E-state index in [0.717, 1.165) is 5.56 Å². The lowest BCUT2D eigenvalue weighted by molar-refractivity contribution is -0.139. The Morgan fingerprint density at radius 2 is 2.00 bits per heavy atom. The molecule has 2 aromatic rings. The van der Waals surface area contributed by atoms with Gasteiger partial charge in [0.1, 0.15) is 0 Å². The maximum Gasteiger partial charge on any atom is 0.328 e. The predicted octanol–water partition coefficient (Wildman–Crippen LogP) is 0.884. The van der Waals surface area contributed by atoms with Gasteiger partial charge in [-0.15, -0.1) is 0 Å². The van der Waals surface area contributed by atoms with E-state index in [2.05, 4.69) is 20.3 Å². The van der Waals surface area contributed by atoms with Crippen molar-refractivity contribution in [2.24, 2.45) is 0 Å². The van der Waals surface area contributed by atoms with Crippen LogP contribution < -0.4 is 5.32 Å². The number of aromatic nitrogens is 3. The van der Waals surface area contributed by atoms with Crippen LogP contribution in [0.3, 0.4) is 0 Å². The Labute approximate surface area is 104 Å². The molecule has 0 saturated carbocycles. The Balaban J connectivity index is 2.39. The minimum Gasteiger partial charge on any atom is -0.480 e. The van der Waals surface area contributed by atoms with E-state index in [0.29, 0.717) is 5.69 Å². The molecule has 0 aromatic carbocycles. The molecule has 0 radical (unpaired) electrons. The number of pyridine rings is 1. The molecule has 2 N–H and O–H groups in total. The average molecular weight is 244 g/mol. The zero-order valence-corrected chi connectivity index (χ0v) is 9.74. The minimum atomic E-state index is -1.01. The molecule has 1 unspecified atom stereocenters. The second kappa shape index (κ2) is 5.33. The number of rotatable bonds is 4. The van der Waals surface area contributed by atoms with Crippen LogP contribution in [0, 0.1) is 0 Å². The Morgan fingerprint density at radius 1 is 1.28 bits per heavy atom. The fraction of sp³-hybridized carbons (Fsp3) is 0.167. The fourth-order valence-electron chi connectivity index (χ4n) is 1.56. The summed E-state index contributed by atoms with van der Waals surface area (Å²) >= 11 is 0. The highest BCUT2D eigenvalue weighted by Crippen LogP contribution is 2.17. The summed E-state index contributed by atoms with van der Waals surface area (Å²) in [6, 6.07) is 4.43. The van der Waals surface area contributed by atoms with Gasteiger partial charge < -0.3 is 10.4 Å². The van der Waals surface area contributed by atoms with E-state index in [1.165, 1.54) is 0 Å². The van der Waals surface area contributed by atoms with Gasteiger partial charge in [-0.3, -0.25) is 9.78 Å². The van der Waals surface area contributed by atoms with Crippen molar-refractivity contribution in [1.29, 1.82) is 0 Å². The van der Waals surface area contributed by atoms with Gasteiger partial charge in [-0.05, 0) is 25.2 Å². The number of nitrogens with zero attached hydrogens (tertiary/aromatic N) is 3. The first-order valence-electron chi connectivity index (χ1n) is 5.36. The summed E-state index contributed by atoms with van der Waals surface area (Å²) in [5, 5.41) is 11.7. The third-order valence-corrected chi connectivity index (χ3v) is 2.44. The molecule has 0 spiro atoms. The molecule has 0 bridgehead atoms. The average Bonchev–Trinajstić information content (AvgIpc) is 2.40. The van der Waals surface area contributed by atoms with Crippen molar-refractivity contribution in [3.63, 3.8) is 0 Å². The fourth-order valence-corrected chi connectivity index (χ4v) is 1.56. The van der Waals surface area contributed by atoms with Crippen molar-refractivity contribution in [3.05, 3.63) is 42.6 Å². The van der Waals surface area contributed by atoms with Crippen LogP contribution >= 0.6 is 0 Å². The topological polar surface area (TPSA) is 88.0 Å². The Bertz CT molecular complexity index is 545. The van der Waals surface area contributed by atoms with E-state index >= 15 is 0 Å². The van der Waals surface area contributed by atoms with E-state index < -0.39 is 12.0 Å². The van der Waals surface area contributed by atoms with Crippen molar-refractivity contribution in [2.45, 2.75) is 6.04 Å². The lowest BCUT2D eigenvalue weighted by atomic mass is 10.2. The molecule has 0 aliphatic carbocycles. The monoisotopic (exact) mass is 244 g/mol. The van der Waals surface area contributed by atoms with Gasteiger partial charge in [0.15, 0.2) is 11.9 Å². The second-order valence-corrected chi connectivity index (χ2v) is 3.60. The Kier molecular flexibility index (Phi) is 3.59. The van der Waals surface area contributed by atoms with Crippen LogP contribution in [0.15, 0.2) is 36.8 Å². The third kappa shape index (κ3) is 2.49. The standard InChI is InChI=1S/C12H12N4O2/c1-13-10(12(17)18)11-15-7-4-9(16-11)8-2-5-14-6-3-8/h2-7,10,13H,1H3,(H,17,18). The van der Waals surface area contributed by atoms with Gasteiger partial charge in [0.05, 0.1) is 5.69 Å². The molecular formula is C12H12N4O2. The maximum absolute atomic E-state index is 11.0. The van der Waals surface area contributed by atoms with Crippen molar-refractivity contribution in [3.8, 4) is 11.3 Å². The molecule has 92 valence electrons. The maximum atomic E-state index is 11.0. The first-order chi connectivity index (χ1) is 8.72. The molecule has 1 atom stereocenters. The summed E-state index contributed by atoms with van der Waals surface area (Å²) in [5.74, 6) is -0.774. The number of carboxylic acid groups (broad SMARTS) is 1. The summed E-state index contributed by atoms with van der Waals surface area (Å²) in [5.41, 5.74) is 1.54. The minimum absolute atomic E-state index is 0.235. The number of hydrogen-bond acceptors (Lipinski definition) is 5. The van der Waals surface area contributed by atoms with Crippen molar-refractivity contribution < 1.29 is 9.90 Å². The second-order valence-electron chi connectivity index (χ2n) is 3.60. The van der Waals surface area contributed by atoms with E-state index in [4.69, 9.17) is 5.11 Å². The Hall–Kier alpha value is -2.34. The quantitative estimate of drug-likeness (QED) is 0.830. The zero-order chi connectivity index (χ0) is 13.0. The molecule has 2 aromatic heterocycles. The normalized spacial score (nSPS) is 12.1. The summed E-state index contributed by atoms with van der Waals surface area (Å²) < 4.78 is 0. The van der Waals surface area contributed by atoms with Crippen molar-refractivity contribution in [2.75, 3.05) is 7.05 Å². The van der Waals surface area contributed by atoms with Crippen molar-refractivity contribution >= 4 is 5.97 Å². The van der Waals surface area contributed by atoms with Crippen LogP contribution in [0.1, 0.15) is 11.9 Å². The molecule has 6 nitrogen and oxygen atoms in total. The summed E-state index contributed by atoms with van der Waals surface area (Å²) in [6.45, 7) is 0. The van der Waals surface area contributed by atoms with Gasteiger partial charge in [0.25, 0.3) is 0 Å². The van der Waals surface area contributed by atoms with Crippen LogP contribution in [0.4, 0.5) is 0 Å². The summed E-state index contributed by atoms with van der Waals surface area (Å²) in [4.78, 5) is 23.2. The molecular weight excluding hydrogens is 232 g/mol. The summed E-state index contributed by atoms with van der Waals surface area (Å²) in [7, 11) is 1.56. The molecule has 2 rings (SSSR count). The lowest BCUT2D eigenvalue weighted by Gasteiger charge is -2.10. The van der Waals surface area contributed by atoms with Gasteiger partial charge in [-0.1, -0.05) is 0 Å². The molecule has 2 heterocycles. The van der Waals surface area contributed by atoms with Gasteiger partial charge in [-0.25, -0.2) is 9.97 Å². The molecule has 0 aliphatic heterocycles.